The van der Waals surface area contributed by atoms with E-state index in [1.165, 1.54) is 13.8 Å². The van der Waals surface area contributed by atoms with E-state index >= 15 is 9.59 Å². The number of aliphatic hydroxyl groups excluding tert-OH is 1. The van der Waals surface area contributed by atoms with Gasteiger partial charge < -0.3 is 81.6 Å². The van der Waals surface area contributed by atoms with Gasteiger partial charge in [-0.05, 0) is 127 Å². The van der Waals surface area contributed by atoms with Crippen LogP contribution in [-0.2, 0) is 115 Å². The van der Waals surface area contributed by atoms with E-state index < -0.39 is 177 Å². The molecule has 6 aromatic rings. The minimum absolute atomic E-state index is 0.0857. The Morgan fingerprint density at radius 1 is 0.478 bits per heavy atom. The molecule has 0 amide bonds. The van der Waals surface area contributed by atoms with Crippen molar-refractivity contribution in [3.63, 3.8) is 0 Å². The van der Waals surface area contributed by atoms with E-state index in [-0.39, 0.29) is 113 Å². The van der Waals surface area contributed by atoms with E-state index in [0.29, 0.717) is 52.4 Å². The summed E-state index contributed by atoms with van der Waals surface area (Å²) in [7, 11) is 0. The van der Waals surface area contributed by atoms with Gasteiger partial charge >= 0.3 is 42.0 Å². The van der Waals surface area contributed by atoms with E-state index in [1.54, 1.807) is 184 Å². The largest absolute Gasteiger partial charge is 0.508 e. The summed E-state index contributed by atoms with van der Waals surface area (Å²) >= 11 is 0. The van der Waals surface area contributed by atoms with Gasteiger partial charge in [-0.1, -0.05) is 241 Å². The number of ketones is 3. The monoisotopic (exact) mass is 1880 g/mol. The zero-order chi connectivity index (χ0) is 99.0. The fraction of sp³-hybridized carbons (Fsp3) is 0.537. The molecule has 2 saturated heterocycles. The molecule has 734 valence electrons. The Morgan fingerprint density at radius 2 is 0.853 bits per heavy atom. The molecule has 14 rings (SSSR count). The highest BCUT2D eigenvalue weighted by Crippen LogP contribution is 2.68. The molecule has 2 heterocycles. The van der Waals surface area contributed by atoms with E-state index in [4.69, 9.17) is 66.3 Å². The van der Waals surface area contributed by atoms with Crippen LogP contribution in [0.15, 0.2) is 204 Å². The molecule has 28 heteroatoms. The lowest BCUT2D eigenvalue weighted by atomic mass is 9.43. The van der Waals surface area contributed by atoms with Gasteiger partial charge in [0.05, 0.1) is 72.4 Å². The summed E-state index contributed by atoms with van der Waals surface area (Å²) in [5.74, 6) is -9.00. The third kappa shape index (κ3) is 21.3. The third-order valence-corrected chi connectivity index (χ3v) is 29.7. The van der Waals surface area contributed by atoms with E-state index in [1.807, 2.05) is 108 Å². The first-order chi connectivity index (χ1) is 64.3. The average molecular weight is 1880 g/mol. The Balaban J connectivity index is 0.000000211. The van der Waals surface area contributed by atoms with Crippen molar-refractivity contribution in [2.75, 3.05) is 33.4 Å². The first-order valence-corrected chi connectivity index (χ1v) is 47.1. The van der Waals surface area contributed by atoms with E-state index in [0.717, 1.165) is 17.5 Å². The van der Waals surface area contributed by atoms with Crippen LogP contribution in [0, 0.1) is 69.0 Å². The number of Topliss-reactive ketones (excluding diaryl/α,β-unsaturated/α-hetero) is 3. The van der Waals surface area contributed by atoms with Gasteiger partial charge in [0, 0.05) is 67.8 Å². The Morgan fingerprint density at radius 3 is 1.26 bits per heavy atom. The number of ether oxygens (including phenoxy) is 14. The van der Waals surface area contributed by atoms with Gasteiger partial charge in [-0.3, -0.25) is 28.8 Å². The lowest BCUT2D eigenvalue weighted by molar-refractivity contribution is -0.347. The van der Waals surface area contributed by atoms with E-state index in [2.05, 4.69) is 0 Å². The van der Waals surface area contributed by atoms with Gasteiger partial charge in [-0.15, -0.1) is 0 Å². The van der Waals surface area contributed by atoms with Crippen molar-refractivity contribution in [3.05, 3.63) is 238 Å². The number of carbonyl (C=O) groups is 10. The minimum atomic E-state index is -2.17. The summed E-state index contributed by atoms with van der Waals surface area (Å²) in [6, 6.07) is 51.9. The predicted octanol–water partition coefficient (Wildman–Crippen LogP) is 16.5. The van der Waals surface area contributed by atoms with Gasteiger partial charge in [0.2, 0.25) is 0 Å². The van der Waals surface area contributed by atoms with Crippen molar-refractivity contribution in [2.24, 2.45) is 69.0 Å². The highest BCUT2D eigenvalue weighted by molar-refractivity contribution is 5.98. The molecule has 0 radical (unpaired) electrons. The number of carbonyl (C=O) groups excluding carboxylic acids is 10. The molecular formula is C108H133FO27. The van der Waals surface area contributed by atoms with Gasteiger partial charge in [0.15, 0.2) is 29.2 Å². The van der Waals surface area contributed by atoms with Crippen LogP contribution < -0.4 is 0 Å². The number of hydrogen-bond donors (Lipinski definition) is 3. The highest BCUT2D eigenvalue weighted by Gasteiger charge is 2.81. The Bertz CT molecular complexity index is 5280. The number of halogens is 1. The Labute approximate surface area is 795 Å². The minimum Gasteiger partial charge on any atom is -0.456 e. The zero-order valence-electron chi connectivity index (χ0n) is 81.1. The molecule has 8 aliphatic rings. The maximum absolute atomic E-state index is 15.9. The lowest BCUT2D eigenvalue weighted by Crippen LogP contribution is -2.81. The summed E-state index contributed by atoms with van der Waals surface area (Å²) < 4.78 is 97.8. The topological polar surface area (TPSA) is 361 Å². The van der Waals surface area contributed by atoms with Crippen molar-refractivity contribution in [3.8, 4) is 0 Å². The zero-order valence-corrected chi connectivity index (χ0v) is 81.1. The summed E-state index contributed by atoms with van der Waals surface area (Å²) in [5.41, 5.74) is -7.72. The molecule has 6 aliphatic carbocycles. The van der Waals surface area contributed by atoms with Crippen LogP contribution in [0.1, 0.15) is 211 Å². The van der Waals surface area contributed by atoms with Crippen LogP contribution >= 0.6 is 0 Å². The Hall–Kier alpha value is -10.4. The number of hydrogen-bond acceptors (Lipinski definition) is 27. The van der Waals surface area contributed by atoms with Crippen LogP contribution in [-0.4, -0.2) is 192 Å². The number of fused-ring (bicyclic) bond motifs is 10. The van der Waals surface area contributed by atoms with Crippen LogP contribution in [0.25, 0.3) is 0 Å². The fourth-order valence-corrected chi connectivity index (χ4v) is 23.1. The maximum atomic E-state index is 15.9. The van der Waals surface area contributed by atoms with Crippen molar-refractivity contribution in [1.29, 1.82) is 0 Å². The molecule has 4 bridgehead atoms. The number of rotatable bonds is 32. The van der Waals surface area contributed by atoms with Gasteiger partial charge in [-0.2, -0.15) is 4.39 Å². The molecule has 27 nitrogen and oxygen atoms in total. The standard InChI is InChI=1S/C54H66O14.C38H44O10.C16H23FO3/c1-32(2)25-33(3)44(64-31-61-28-37-19-13-10-14-20-37)49(58)65-40-27-54(60)47(67-48(57)39-23-17-12-18-24-39)45-52(9,46(56)35(5)43(34(40)4)51(54,7)8)41(26-42-53(45,30-63-42)68-36(6)55)66-50(59)62-29-38-21-15-11-16-22-38;1-21-26(40)18-38(44)33(47-34(43)25-15-11-8-12-16-25)31-36(6,32(42)22(2)30(21)35(38,4)5)28(17-29-37(31,20-46-29)48-23(3)39)45-19-27(41)24-13-9-7-10-14-24;1-12(2)9-13(3)15(16(17)18)20-11-19-10-14-7-5-4-6-8-14/h10-24,32-33,35,40-42,44-45,47,60H,25-31H2,1-9H3;7-16,22,26,28-29,31,33,40,44H,17-20H2,1-6H3;4-8,12-13,15H,9-11H2,1-3H3/t33-,35-,40-,41-,42+,44?,45-,47-,52+,53-,54+;22-,26+,28+,29-,31+,33+,36-,37+,38-;13-,15?/m010/s1. The molecule has 0 aromatic heterocycles. The second-order valence-electron chi connectivity index (χ2n) is 40.2. The average Bonchev–Trinajstić information content (AvgIpc) is 0.671. The molecule has 0 spiro atoms. The van der Waals surface area contributed by atoms with Crippen molar-refractivity contribution in [2.45, 2.75) is 266 Å². The first-order valence-electron chi connectivity index (χ1n) is 47.1. The molecule has 22 atom stereocenters. The maximum Gasteiger partial charge on any atom is 0.508 e. The van der Waals surface area contributed by atoms with Gasteiger partial charge in [0.1, 0.15) is 86.2 Å². The van der Waals surface area contributed by atoms with Crippen LogP contribution in [0.4, 0.5) is 9.18 Å². The van der Waals surface area contributed by atoms with Crippen molar-refractivity contribution < 1.29 is 134 Å². The predicted molar refractivity (Wildman–Crippen MR) is 496 cm³/mol. The first kappa shape index (κ1) is 105. The van der Waals surface area contributed by atoms with Crippen LogP contribution in [0.2, 0.25) is 0 Å². The number of aliphatic hydroxyl groups is 3. The molecular weight excluding hydrogens is 1750 g/mol. The quantitative estimate of drug-likeness (QED) is 0.00671. The van der Waals surface area contributed by atoms with Crippen LogP contribution in [0.3, 0.4) is 0 Å². The van der Waals surface area contributed by atoms with Crippen molar-refractivity contribution >= 4 is 59.4 Å². The summed E-state index contributed by atoms with van der Waals surface area (Å²) in [5, 5.41) is 38.5. The SMILES string of the molecule is CC(=O)O[C@@]12CO[C@@H]1C[C@H](OC(=O)OCc1ccccc1)[C@@]1(C)C(=O)[C@@H](C)C3=C(C)[C@@H](OC(=O)C(OCOCc4ccccc4)[C@@H](C)CC(C)C)C[C@@](O)([C@@H](OC(=O)c4ccccc4)[C@H]21)C3(C)C.CC(=O)O[C@@]12CO[C@@H]1C[C@H](OCC(=O)c1ccccc1)[C@@]1(C)C(=O)[C@H](C)C3=C(C)[C@@H](O)C[C@@](O)([C@@H](OC(=O)c4ccccc4)[C@H]21)C3(C)C.CC(C)C[C@H](C)C(OCOCc1ccccc1)C(=O)F. The second kappa shape index (κ2) is 43.3. The normalized spacial score (nSPS) is 30.2. The van der Waals surface area contributed by atoms with E-state index in [9.17, 15) is 58.1 Å². The van der Waals surface area contributed by atoms with Gasteiger partial charge in [0.25, 0.3) is 0 Å². The highest BCUT2D eigenvalue weighted by atomic mass is 19.1. The lowest BCUT2D eigenvalue weighted by Gasteiger charge is -2.68. The summed E-state index contributed by atoms with van der Waals surface area (Å²) in [4.78, 5) is 138. The molecule has 6 aromatic carbocycles. The summed E-state index contributed by atoms with van der Waals surface area (Å²) in [6.45, 7) is 31.3. The fourth-order valence-electron chi connectivity index (χ4n) is 23.1. The molecule has 3 N–H and O–H groups in total. The molecule has 4 saturated carbocycles. The van der Waals surface area contributed by atoms with Crippen molar-refractivity contribution in [1.82, 2.24) is 0 Å². The molecule has 2 unspecified atom stereocenters. The third-order valence-electron chi connectivity index (χ3n) is 29.7. The smallest absolute Gasteiger partial charge is 0.456 e. The summed E-state index contributed by atoms with van der Waals surface area (Å²) in [6.07, 6.45) is -11.9. The molecule has 6 fully saturated rings. The van der Waals surface area contributed by atoms with Crippen LogP contribution in [0.5, 0.6) is 0 Å². The second-order valence-corrected chi connectivity index (χ2v) is 40.2. The Kier molecular flexibility index (Phi) is 33.3. The van der Waals surface area contributed by atoms with Gasteiger partial charge in [-0.25, -0.2) is 19.2 Å². The number of benzene rings is 6. The molecule has 2 aliphatic heterocycles. The molecule has 136 heavy (non-hydrogen) atoms. The number of esters is 5.